The Morgan fingerprint density at radius 1 is 1.12 bits per heavy atom. The van der Waals surface area contributed by atoms with Gasteiger partial charge in [-0.25, -0.2) is 0 Å². The maximum absolute atomic E-state index is 6.09. The largest absolute Gasteiger partial charge is 0.486 e. The molecule has 1 atom stereocenters. The molecule has 0 bridgehead atoms. The van der Waals surface area contributed by atoms with Crippen LogP contribution >= 0.6 is 0 Å². The van der Waals surface area contributed by atoms with Crippen molar-refractivity contribution in [2.24, 2.45) is 0 Å². The molecule has 0 aliphatic carbocycles. The fraction of sp³-hybridized carbons (Fsp3) is 0.600. The summed E-state index contributed by atoms with van der Waals surface area (Å²) >= 11 is 0. The van der Waals surface area contributed by atoms with Crippen LogP contribution in [0.15, 0.2) is 24.3 Å². The van der Waals surface area contributed by atoms with Gasteiger partial charge in [-0.05, 0) is 44.0 Å². The third kappa shape index (κ3) is 4.39. The van der Waals surface area contributed by atoms with Gasteiger partial charge in [-0.15, -0.1) is 0 Å². The minimum absolute atomic E-state index is 0.121. The average Bonchev–Trinajstić information content (AvgIpc) is 2.37. The highest BCUT2D eigenvalue weighted by Crippen LogP contribution is 2.21. The summed E-state index contributed by atoms with van der Waals surface area (Å²) in [5.74, 6) is 0.962. The second kappa shape index (κ2) is 6.65. The lowest BCUT2D eigenvalue weighted by molar-refractivity contribution is 0.0842. The Morgan fingerprint density at radius 2 is 1.76 bits per heavy atom. The smallest absolute Gasteiger partial charge is 0.120 e. The van der Waals surface area contributed by atoms with Gasteiger partial charge < -0.3 is 10.1 Å². The third-order valence-corrected chi connectivity index (χ3v) is 3.19. The van der Waals surface area contributed by atoms with Gasteiger partial charge in [-0.3, -0.25) is 0 Å². The van der Waals surface area contributed by atoms with E-state index >= 15 is 0 Å². The minimum atomic E-state index is -0.121. The Balaban J connectivity index is 2.65. The van der Waals surface area contributed by atoms with E-state index in [1.165, 1.54) is 5.56 Å². The van der Waals surface area contributed by atoms with Gasteiger partial charge in [0.15, 0.2) is 0 Å². The standard InChI is InChI=1S/C15H25NO/c1-5-13-8-10-14(11-9-13)17-15(4,6-2)12-16-7-3/h8-11,16H,5-7,12H2,1-4H3. The molecule has 0 saturated heterocycles. The molecular weight excluding hydrogens is 210 g/mol. The van der Waals surface area contributed by atoms with Gasteiger partial charge in [-0.1, -0.05) is 32.9 Å². The fourth-order valence-corrected chi connectivity index (χ4v) is 1.70. The molecule has 0 saturated carbocycles. The fourth-order valence-electron chi connectivity index (χ4n) is 1.70. The van der Waals surface area contributed by atoms with Crippen LogP contribution in [0.1, 0.15) is 39.7 Å². The summed E-state index contributed by atoms with van der Waals surface area (Å²) in [6.07, 6.45) is 2.07. The zero-order valence-electron chi connectivity index (χ0n) is 11.5. The van der Waals surface area contributed by atoms with E-state index < -0.39 is 0 Å². The van der Waals surface area contributed by atoms with Crippen LogP contribution in [0, 0.1) is 0 Å². The van der Waals surface area contributed by atoms with E-state index in [4.69, 9.17) is 4.74 Å². The van der Waals surface area contributed by atoms with Crippen LogP contribution in [-0.2, 0) is 6.42 Å². The van der Waals surface area contributed by atoms with Crippen LogP contribution in [0.5, 0.6) is 5.75 Å². The summed E-state index contributed by atoms with van der Waals surface area (Å²) in [6.45, 7) is 10.5. The zero-order chi connectivity index (χ0) is 12.7. The van der Waals surface area contributed by atoms with Gasteiger partial charge in [-0.2, -0.15) is 0 Å². The van der Waals surface area contributed by atoms with Crippen molar-refractivity contribution in [1.82, 2.24) is 5.32 Å². The second-order valence-electron chi connectivity index (χ2n) is 4.68. The minimum Gasteiger partial charge on any atom is -0.486 e. The van der Waals surface area contributed by atoms with Crippen LogP contribution in [0.25, 0.3) is 0 Å². The Morgan fingerprint density at radius 3 is 2.24 bits per heavy atom. The Kier molecular flexibility index (Phi) is 5.49. The second-order valence-corrected chi connectivity index (χ2v) is 4.68. The zero-order valence-corrected chi connectivity index (χ0v) is 11.5. The SMILES string of the molecule is CCNCC(C)(CC)Oc1ccc(CC)cc1. The van der Waals surface area contributed by atoms with E-state index in [1.54, 1.807) is 0 Å². The maximum atomic E-state index is 6.09. The first-order chi connectivity index (χ1) is 8.13. The highest BCUT2D eigenvalue weighted by molar-refractivity contribution is 5.27. The van der Waals surface area contributed by atoms with Gasteiger partial charge in [0, 0.05) is 6.54 Å². The topological polar surface area (TPSA) is 21.3 Å². The maximum Gasteiger partial charge on any atom is 0.120 e. The lowest BCUT2D eigenvalue weighted by Crippen LogP contribution is -2.42. The highest BCUT2D eigenvalue weighted by atomic mass is 16.5. The van der Waals surface area contributed by atoms with Crippen LogP contribution in [0.4, 0.5) is 0 Å². The van der Waals surface area contributed by atoms with Crippen LogP contribution in [-0.4, -0.2) is 18.7 Å². The van der Waals surface area contributed by atoms with Crippen molar-refractivity contribution in [2.45, 2.75) is 46.1 Å². The first-order valence-electron chi connectivity index (χ1n) is 6.62. The summed E-state index contributed by atoms with van der Waals surface area (Å²) < 4.78 is 6.09. The highest BCUT2D eigenvalue weighted by Gasteiger charge is 2.23. The number of nitrogens with one attached hydrogen (secondary N) is 1. The van der Waals surface area contributed by atoms with Crippen molar-refractivity contribution in [2.75, 3.05) is 13.1 Å². The van der Waals surface area contributed by atoms with Crippen LogP contribution in [0.2, 0.25) is 0 Å². The van der Waals surface area contributed by atoms with Crippen LogP contribution < -0.4 is 10.1 Å². The normalized spacial score (nSPS) is 14.4. The van der Waals surface area contributed by atoms with Crippen molar-refractivity contribution < 1.29 is 4.74 Å². The molecule has 1 unspecified atom stereocenters. The number of rotatable bonds is 7. The molecule has 0 heterocycles. The lowest BCUT2D eigenvalue weighted by Gasteiger charge is -2.30. The molecule has 17 heavy (non-hydrogen) atoms. The molecule has 1 N–H and O–H groups in total. The van der Waals surface area contributed by atoms with Crippen LogP contribution in [0.3, 0.4) is 0 Å². The van der Waals surface area contributed by atoms with Crippen molar-refractivity contribution >= 4 is 0 Å². The molecule has 0 fully saturated rings. The number of hydrogen-bond donors (Lipinski definition) is 1. The number of hydrogen-bond acceptors (Lipinski definition) is 2. The molecule has 2 heteroatoms. The number of aryl methyl sites for hydroxylation is 1. The Bertz CT molecular complexity index is 320. The molecule has 1 aromatic carbocycles. The first kappa shape index (κ1) is 14.0. The molecule has 2 nitrogen and oxygen atoms in total. The van der Waals surface area contributed by atoms with E-state index in [0.717, 1.165) is 31.7 Å². The Labute approximate surface area is 105 Å². The van der Waals surface area contributed by atoms with Gasteiger partial charge in [0.05, 0.1) is 0 Å². The van der Waals surface area contributed by atoms with E-state index in [1.807, 2.05) is 0 Å². The molecule has 0 aromatic heterocycles. The molecule has 0 spiro atoms. The summed E-state index contributed by atoms with van der Waals surface area (Å²) in [5, 5.41) is 3.36. The average molecular weight is 235 g/mol. The van der Waals surface area contributed by atoms with Crippen molar-refractivity contribution in [3.8, 4) is 5.75 Å². The van der Waals surface area contributed by atoms with Gasteiger partial charge in [0.2, 0.25) is 0 Å². The molecule has 0 aliphatic rings. The number of ether oxygens (including phenoxy) is 1. The van der Waals surface area contributed by atoms with E-state index in [0.29, 0.717) is 0 Å². The van der Waals surface area contributed by atoms with E-state index in [2.05, 4.69) is 57.3 Å². The Hall–Kier alpha value is -1.02. The van der Waals surface area contributed by atoms with Gasteiger partial charge in [0.25, 0.3) is 0 Å². The van der Waals surface area contributed by atoms with Gasteiger partial charge >= 0.3 is 0 Å². The summed E-state index contributed by atoms with van der Waals surface area (Å²) in [4.78, 5) is 0. The molecule has 1 rings (SSSR count). The van der Waals surface area contributed by atoms with Crippen molar-refractivity contribution in [3.63, 3.8) is 0 Å². The molecule has 0 radical (unpaired) electrons. The molecule has 96 valence electrons. The van der Waals surface area contributed by atoms with Gasteiger partial charge in [0.1, 0.15) is 11.4 Å². The number of likely N-dealkylation sites (N-methyl/N-ethyl adjacent to an activating group) is 1. The monoisotopic (exact) mass is 235 g/mol. The van der Waals surface area contributed by atoms with E-state index in [-0.39, 0.29) is 5.60 Å². The summed E-state index contributed by atoms with van der Waals surface area (Å²) in [5.41, 5.74) is 1.23. The van der Waals surface area contributed by atoms with Crippen molar-refractivity contribution in [1.29, 1.82) is 0 Å². The predicted molar refractivity (Wildman–Crippen MR) is 73.7 cm³/mol. The lowest BCUT2D eigenvalue weighted by atomic mass is 10.0. The molecule has 1 aromatic rings. The van der Waals surface area contributed by atoms with E-state index in [9.17, 15) is 0 Å². The molecule has 0 amide bonds. The van der Waals surface area contributed by atoms with Crippen molar-refractivity contribution in [3.05, 3.63) is 29.8 Å². The summed E-state index contributed by atoms with van der Waals surface area (Å²) in [6, 6.07) is 8.41. The predicted octanol–water partition coefficient (Wildman–Crippen LogP) is 3.41. The first-order valence-corrected chi connectivity index (χ1v) is 6.62. The quantitative estimate of drug-likeness (QED) is 0.782. The number of benzene rings is 1. The molecule has 0 aliphatic heterocycles. The third-order valence-electron chi connectivity index (χ3n) is 3.19. The summed E-state index contributed by atoms with van der Waals surface area (Å²) in [7, 11) is 0. The molecular formula is C15H25NO.